The van der Waals surface area contributed by atoms with Crippen molar-refractivity contribution in [2.75, 3.05) is 6.61 Å². The van der Waals surface area contributed by atoms with Crippen molar-refractivity contribution in [3.05, 3.63) is 95.6 Å². The monoisotopic (exact) mass is 397 g/mol. The summed E-state index contributed by atoms with van der Waals surface area (Å²) in [7, 11) is 0. The molecule has 1 heterocycles. The van der Waals surface area contributed by atoms with E-state index in [1.807, 2.05) is 42.5 Å². The summed E-state index contributed by atoms with van der Waals surface area (Å²) in [5, 5.41) is 10.9. The third-order valence-corrected chi connectivity index (χ3v) is 4.81. The van der Waals surface area contributed by atoms with Crippen LogP contribution in [0.2, 0.25) is 0 Å². The lowest BCUT2D eigenvalue weighted by atomic mass is 9.98. The first-order chi connectivity index (χ1) is 14.6. The van der Waals surface area contributed by atoms with E-state index in [0.717, 1.165) is 11.1 Å². The maximum Gasteiger partial charge on any atom is 0.344 e. The lowest BCUT2D eigenvalue weighted by molar-refractivity contribution is -0.137. The van der Waals surface area contributed by atoms with Gasteiger partial charge in [0.15, 0.2) is 0 Å². The van der Waals surface area contributed by atoms with Gasteiger partial charge in [0.2, 0.25) is 5.78 Å². The second-order valence-electron chi connectivity index (χ2n) is 6.69. The number of ketones is 1. The van der Waals surface area contributed by atoms with Gasteiger partial charge in [-0.05, 0) is 30.2 Å². The van der Waals surface area contributed by atoms with E-state index in [1.165, 1.54) is 0 Å². The van der Waals surface area contributed by atoms with Crippen molar-refractivity contribution in [2.45, 2.75) is 6.92 Å². The SMILES string of the molecule is CCOC(=O)/C(C1=Nc2ccccc2C1=O)=C(/O)c1ccc(-c2ccccc2)cc1. The molecule has 0 spiro atoms. The van der Waals surface area contributed by atoms with Gasteiger partial charge in [0.25, 0.3) is 0 Å². The molecule has 30 heavy (non-hydrogen) atoms. The normalized spacial score (nSPS) is 13.4. The topological polar surface area (TPSA) is 76.0 Å². The number of para-hydroxylation sites is 1. The van der Waals surface area contributed by atoms with E-state index in [9.17, 15) is 14.7 Å². The van der Waals surface area contributed by atoms with Crippen molar-refractivity contribution >= 4 is 28.9 Å². The number of rotatable bonds is 5. The van der Waals surface area contributed by atoms with Crippen molar-refractivity contribution in [3.8, 4) is 11.1 Å². The summed E-state index contributed by atoms with van der Waals surface area (Å²) in [6, 6.07) is 23.7. The number of hydrogen-bond acceptors (Lipinski definition) is 5. The first-order valence-electron chi connectivity index (χ1n) is 9.59. The van der Waals surface area contributed by atoms with Gasteiger partial charge in [-0.2, -0.15) is 0 Å². The second kappa shape index (κ2) is 8.17. The lowest BCUT2D eigenvalue weighted by Gasteiger charge is -2.10. The molecule has 0 saturated heterocycles. The molecular weight excluding hydrogens is 378 g/mol. The summed E-state index contributed by atoms with van der Waals surface area (Å²) < 4.78 is 5.11. The van der Waals surface area contributed by atoms with Crippen LogP contribution in [0.3, 0.4) is 0 Å². The Hall–Kier alpha value is -3.99. The van der Waals surface area contributed by atoms with Gasteiger partial charge in [-0.25, -0.2) is 9.79 Å². The molecule has 1 aliphatic heterocycles. The number of benzene rings is 3. The minimum Gasteiger partial charge on any atom is -0.506 e. The third kappa shape index (κ3) is 3.53. The molecule has 0 aliphatic carbocycles. The Bertz CT molecular complexity index is 1180. The summed E-state index contributed by atoms with van der Waals surface area (Å²) in [5.41, 5.74) is 2.90. The van der Waals surface area contributed by atoms with Crippen LogP contribution in [0, 0.1) is 0 Å². The summed E-state index contributed by atoms with van der Waals surface area (Å²) in [6.07, 6.45) is 0. The minimum absolute atomic E-state index is 0.108. The standard InChI is InChI=1S/C25H19NO4/c1-2-30-25(29)21(22-24(28)19-10-6-7-11-20(19)26-22)23(27)18-14-12-17(13-15-18)16-8-4-3-5-9-16/h3-15,27H,2H2,1H3/b23-21+. The van der Waals surface area contributed by atoms with Crippen molar-refractivity contribution in [1.29, 1.82) is 0 Å². The summed E-state index contributed by atoms with van der Waals surface area (Å²) in [4.78, 5) is 29.8. The average Bonchev–Trinajstić information content (AvgIpc) is 3.11. The van der Waals surface area contributed by atoms with Crippen LogP contribution in [0.15, 0.2) is 89.4 Å². The van der Waals surface area contributed by atoms with E-state index >= 15 is 0 Å². The van der Waals surface area contributed by atoms with Gasteiger partial charge in [0.1, 0.15) is 17.0 Å². The molecule has 1 aliphatic rings. The van der Waals surface area contributed by atoms with Crippen molar-refractivity contribution in [2.24, 2.45) is 4.99 Å². The van der Waals surface area contributed by atoms with Crippen LogP contribution < -0.4 is 0 Å². The Kier molecular flexibility index (Phi) is 5.26. The number of fused-ring (bicyclic) bond motifs is 1. The Morgan fingerprint density at radius 1 is 0.900 bits per heavy atom. The highest BCUT2D eigenvalue weighted by Gasteiger charge is 2.34. The number of aliphatic hydroxyl groups is 1. The molecule has 0 aromatic heterocycles. The van der Waals surface area contributed by atoms with Crippen LogP contribution in [0.5, 0.6) is 0 Å². The highest BCUT2D eigenvalue weighted by atomic mass is 16.5. The molecule has 3 aromatic rings. The van der Waals surface area contributed by atoms with E-state index in [0.29, 0.717) is 16.8 Å². The molecule has 3 aromatic carbocycles. The molecule has 0 radical (unpaired) electrons. The number of hydrogen-bond donors (Lipinski definition) is 1. The van der Waals surface area contributed by atoms with Crippen LogP contribution in [0.1, 0.15) is 22.8 Å². The zero-order chi connectivity index (χ0) is 21.1. The number of aliphatic imine (C=N–C) groups is 1. The van der Waals surface area contributed by atoms with E-state index in [4.69, 9.17) is 4.74 Å². The first kappa shape index (κ1) is 19.3. The number of Topliss-reactive ketones (excluding diaryl/α,β-unsaturated/α-hetero) is 1. The van der Waals surface area contributed by atoms with Crippen LogP contribution >= 0.6 is 0 Å². The molecule has 0 saturated carbocycles. The molecular formula is C25H19NO4. The Morgan fingerprint density at radius 3 is 2.20 bits per heavy atom. The molecule has 0 unspecified atom stereocenters. The van der Waals surface area contributed by atoms with Gasteiger partial charge in [-0.15, -0.1) is 0 Å². The number of carbonyl (C=O) groups is 2. The van der Waals surface area contributed by atoms with Crippen LogP contribution in [0.25, 0.3) is 16.9 Å². The second-order valence-corrected chi connectivity index (χ2v) is 6.69. The summed E-state index contributed by atoms with van der Waals surface area (Å²) >= 11 is 0. The number of aliphatic hydroxyl groups excluding tert-OH is 1. The van der Waals surface area contributed by atoms with Crippen molar-refractivity contribution in [1.82, 2.24) is 0 Å². The number of nitrogens with zero attached hydrogens (tertiary/aromatic N) is 1. The van der Waals surface area contributed by atoms with Crippen molar-refractivity contribution < 1.29 is 19.4 Å². The molecule has 4 rings (SSSR count). The molecule has 5 nitrogen and oxygen atoms in total. The van der Waals surface area contributed by atoms with Gasteiger partial charge < -0.3 is 9.84 Å². The fraction of sp³-hybridized carbons (Fsp3) is 0.0800. The average molecular weight is 397 g/mol. The van der Waals surface area contributed by atoms with E-state index in [2.05, 4.69) is 4.99 Å². The van der Waals surface area contributed by atoms with Gasteiger partial charge in [-0.1, -0.05) is 66.7 Å². The van der Waals surface area contributed by atoms with Gasteiger partial charge in [0, 0.05) is 11.1 Å². The van der Waals surface area contributed by atoms with Crippen LogP contribution in [0.4, 0.5) is 5.69 Å². The van der Waals surface area contributed by atoms with E-state index < -0.39 is 11.8 Å². The molecule has 148 valence electrons. The van der Waals surface area contributed by atoms with E-state index in [-0.39, 0.29) is 23.7 Å². The maximum absolute atomic E-state index is 12.8. The highest BCUT2D eigenvalue weighted by Crippen LogP contribution is 2.31. The smallest absolute Gasteiger partial charge is 0.344 e. The Morgan fingerprint density at radius 2 is 1.53 bits per heavy atom. The molecule has 0 amide bonds. The number of carbonyl (C=O) groups excluding carboxylic acids is 2. The Labute approximate surface area is 174 Å². The Balaban J connectivity index is 1.77. The third-order valence-electron chi connectivity index (χ3n) is 4.81. The van der Waals surface area contributed by atoms with E-state index in [1.54, 1.807) is 43.3 Å². The largest absolute Gasteiger partial charge is 0.506 e. The lowest BCUT2D eigenvalue weighted by Crippen LogP contribution is -2.22. The maximum atomic E-state index is 12.8. The van der Waals surface area contributed by atoms with Crippen LogP contribution in [-0.4, -0.2) is 29.2 Å². The first-order valence-corrected chi connectivity index (χ1v) is 9.59. The summed E-state index contributed by atoms with van der Waals surface area (Å²) in [6.45, 7) is 1.77. The molecule has 0 bridgehead atoms. The quantitative estimate of drug-likeness (QED) is 0.367. The van der Waals surface area contributed by atoms with Gasteiger partial charge in [-0.3, -0.25) is 4.79 Å². The fourth-order valence-electron chi connectivity index (χ4n) is 3.34. The van der Waals surface area contributed by atoms with Gasteiger partial charge >= 0.3 is 5.97 Å². The molecule has 5 heteroatoms. The predicted octanol–water partition coefficient (Wildman–Crippen LogP) is 5.15. The summed E-state index contributed by atoms with van der Waals surface area (Å²) in [5.74, 6) is -1.55. The molecule has 1 N–H and O–H groups in total. The zero-order valence-electron chi connectivity index (χ0n) is 16.3. The number of esters is 1. The zero-order valence-corrected chi connectivity index (χ0v) is 16.3. The molecule has 0 fully saturated rings. The highest BCUT2D eigenvalue weighted by molar-refractivity contribution is 6.59. The molecule has 0 atom stereocenters. The number of ether oxygens (including phenoxy) is 1. The minimum atomic E-state index is -0.790. The van der Waals surface area contributed by atoms with Crippen molar-refractivity contribution in [3.63, 3.8) is 0 Å². The fourth-order valence-corrected chi connectivity index (χ4v) is 3.34. The predicted molar refractivity (Wildman–Crippen MR) is 116 cm³/mol. The van der Waals surface area contributed by atoms with Crippen LogP contribution in [-0.2, 0) is 9.53 Å². The van der Waals surface area contributed by atoms with Gasteiger partial charge in [0.05, 0.1) is 12.3 Å².